The molecule has 0 bridgehead atoms. The molecule has 0 aromatic rings. The van der Waals surface area contributed by atoms with Crippen molar-refractivity contribution in [2.75, 3.05) is 26.9 Å². The van der Waals surface area contributed by atoms with E-state index >= 15 is 0 Å². The minimum absolute atomic E-state index is 1.01. The molecule has 0 heterocycles. The minimum atomic E-state index is 1.01. The molecule has 0 radical (unpaired) electrons. The fourth-order valence-electron chi connectivity index (χ4n) is 0.387. The van der Waals surface area contributed by atoms with E-state index in [1.54, 1.807) is 0 Å². The largest absolute Gasteiger partial charge is 0.269 e. The van der Waals surface area contributed by atoms with E-state index in [1.165, 1.54) is 5.75 Å². The van der Waals surface area contributed by atoms with Crippen molar-refractivity contribution in [2.24, 2.45) is 0 Å². The van der Waals surface area contributed by atoms with Crippen LogP contribution in [0.1, 0.15) is 6.92 Å². The van der Waals surface area contributed by atoms with Crippen molar-refractivity contribution in [2.45, 2.75) is 6.92 Å². The van der Waals surface area contributed by atoms with Crippen LogP contribution in [0.4, 0.5) is 0 Å². The SMILES string of the molecule is CCS[N+](C)(C)C. The van der Waals surface area contributed by atoms with Gasteiger partial charge in [0.05, 0.1) is 33.1 Å². The third-order valence-electron chi connectivity index (χ3n) is 0.516. The van der Waals surface area contributed by atoms with Gasteiger partial charge in [0.1, 0.15) is 0 Å². The Labute approximate surface area is 50.4 Å². The smallest absolute Gasteiger partial charge is 0.0783 e. The lowest BCUT2D eigenvalue weighted by molar-refractivity contribution is -0.726. The van der Waals surface area contributed by atoms with E-state index in [9.17, 15) is 0 Å². The van der Waals surface area contributed by atoms with Crippen molar-refractivity contribution < 1.29 is 3.89 Å². The molecule has 0 aliphatic rings. The molecule has 2 heteroatoms. The van der Waals surface area contributed by atoms with Gasteiger partial charge < -0.3 is 0 Å². The van der Waals surface area contributed by atoms with Crippen molar-refractivity contribution in [1.82, 2.24) is 0 Å². The lowest BCUT2D eigenvalue weighted by atomic mass is 11.0. The first-order valence-corrected chi connectivity index (χ1v) is 3.46. The average molecular weight is 120 g/mol. The summed E-state index contributed by atoms with van der Waals surface area (Å²) in [6, 6.07) is 0. The van der Waals surface area contributed by atoms with Gasteiger partial charge in [-0.05, 0) is 0 Å². The molecule has 0 amide bonds. The minimum Gasteiger partial charge on any atom is -0.269 e. The van der Waals surface area contributed by atoms with Crippen LogP contribution in [0.2, 0.25) is 0 Å². The Bertz CT molecular complexity index is 46.5. The van der Waals surface area contributed by atoms with Crippen LogP contribution in [0, 0.1) is 0 Å². The van der Waals surface area contributed by atoms with Gasteiger partial charge in [0, 0.05) is 5.75 Å². The standard InChI is InChI=1S/C5H14NS/c1-5-7-6(2,3)4/h5H2,1-4H3/q+1. The van der Waals surface area contributed by atoms with E-state index in [-0.39, 0.29) is 0 Å². The van der Waals surface area contributed by atoms with Gasteiger partial charge in [-0.2, -0.15) is 0 Å². The summed E-state index contributed by atoms with van der Waals surface area (Å²) in [5.41, 5.74) is 0. The molecule has 0 saturated heterocycles. The van der Waals surface area contributed by atoms with Crippen LogP contribution in [0.3, 0.4) is 0 Å². The van der Waals surface area contributed by atoms with Crippen LogP contribution in [-0.4, -0.2) is 30.8 Å². The third kappa shape index (κ3) is 6.31. The number of quaternary nitrogens is 1. The zero-order valence-electron chi connectivity index (χ0n) is 5.56. The van der Waals surface area contributed by atoms with Crippen LogP contribution in [0.15, 0.2) is 0 Å². The van der Waals surface area contributed by atoms with Crippen LogP contribution in [0.25, 0.3) is 0 Å². The fourth-order valence-corrected chi connectivity index (χ4v) is 1.16. The van der Waals surface area contributed by atoms with E-state index in [0.717, 1.165) is 3.89 Å². The van der Waals surface area contributed by atoms with Gasteiger partial charge in [0.2, 0.25) is 0 Å². The summed E-state index contributed by atoms with van der Waals surface area (Å²) in [6.45, 7) is 2.17. The first-order valence-electron chi connectivity index (χ1n) is 2.52. The predicted octanol–water partition coefficient (Wildman–Crippen LogP) is 1.36. The second-order valence-electron chi connectivity index (χ2n) is 2.31. The summed E-state index contributed by atoms with van der Waals surface area (Å²) < 4.78 is 1.01. The van der Waals surface area contributed by atoms with Gasteiger partial charge in [0.25, 0.3) is 0 Å². The monoisotopic (exact) mass is 120 g/mol. The molecular weight excluding hydrogens is 106 g/mol. The summed E-state index contributed by atoms with van der Waals surface area (Å²) in [5.74, 6) is 1.20. The quantitative estimate of drug-likeness (QED) is 0.391. The molecule has 0 unspecified atom stereocenters. The topological polar surface area (TPSA) is 0 Å². The van der Waals surface area contributed by atoms with E-state index in [0.29, 0.717) is 0 Å². The normalized spacial score (nSPS) is 12.0. The van der Waals surface area contributed by atoms with Crippen LogP contribution in [0.5, 0.6) is 0 Å². The highest BCUT2D eigenvalue weighted by atomic mass is 32.2. The van der Waals surface area contributed by atoms with Crippen molar-refractivity contribution in [3.63, 3.8) is 0 Å². The molecule has 44 valence electrons. The van der Waals surface area contributed by atoms with E-state index in [4.69, 9.17) is 0 Å². The first kappa shape index (κ1) is 7.31. The molecule has 1 nitrogen and oxygen atoms in total. The Balaban J connectivity index is 3.15. The summed E-state index contributed by atoms with van der Waals surface area (Å²) in [5, 5.41) is 0. The van der Waals surface area contributed by atoms with Gasteiger partial charge in [-0.25, -0.2) is 0 Å². The Kier molecular flexibility index (Phi) is 2.69. The van der Waals surface area contributed by atoms with Crippen LogP contribution < -0.4 is 0 Å². The Morgan fingerprint density at radius 1 is 1.29 bits per heavy atom. The molecule has 0 spiro atoms. The van der Waals surface area contributed by atoms with Crippen molar-refractivity contribution in [1.29, 1.82) is 0 Å². The van der Waals surface area contributed by atoms with Gasteiger partial charge in [-0.1, -0.05) is 6.92 Å². The maximum absolute atomic E-state index is 2.17. The van der Waals surface area contributed by atoms with E-state index in [1.807, 2.05) is 11.9 Å². The maximum Gasteiger partial charge on any atom is 0.0783 e. The Hall–Kier alpha value is 0.310. The maximum atomic E-state index is 2.17. The van der Waals surface area contributed by atoms with E-state index < -0.39 is 0 Å². The van der Waals surface area contributed by atoms with Crippen LogP contribution in [-0.2, 0) is 0 Å². The molecule has 0 aromatic heterocycles. The molecular formula is C5H14NS+. The van der Waals surface area contributed by atoms with Gasteiger partial charge in [-0.3, -0.25) is 3.89 Å². The van der Waals surface area contributed by atoms with E-state index in [2.05, 4.69) is 28.1 Å². The highest BCUT2D eigenvalue weighted by molar-refractivity contribution is 7.93. The zero-order chi connectivity index (χ0) is 5.91. The Morgan fingerprint density at radius 2 is 1.71 bits per heavy atom. The lowest BCUT2D eigenvalue weighted by Gasteiger charge is -2.18. The molecule has 0 N–H and O–H groups in total. The molecule has 0 rings (SSSR count). The first-order chi connectivity index (χ1) is 3.06. The Morgan fingerprint density at radius 3 is 1.71 bits per heavy atom. The number of nitrogens with zero attached hydrogens (tertiary/aromatic N) is 1. The number of hydrogen-bond donors (Lipinski definition) is 0. The summed E-state index contributed by atoms with van der Waals surface area (Å²) in [6.07, 6.45) is 0. The highest BCUT2D eigenvalue weighted by Gasteiger charge is 2.04. The number of rotatable bonds is 2. The van der Waals surface area contributed by atoms with Gasteiger partial charge >= 0.3 is 0 Å². The van der Waals surface area contributed by atoms with Crippen LogP contribution >= 0.6 is 11.9 Å². The van der Waals surface area contributed by atoms with Gasteiger partial charge in [-0.15, -0.1) is 0 Å². The number of hydrogen-bond acceptors (Lipinski definition) is 1. The summed E-state index contributed by atoms with van der Waals surface area (Å²) in [4.78, 5) is 0. The highest BCUT2D eigenvalue weighted by Crippen LogP contribution is 2.10. The van der Waals surface area contributed by atoms with Crippen molar-refractivity contribution in [3.05, 3.63) is 0 Å². The second-order valence-corrected chi connectivity index (χ2v) is 4.24. The molecule has 0 aliphatic carbocycles. The second kappa shape index (κ2) is 2.58. The molecule has 0 aliphatic heterocycles. The molecule has 7 heavy (non-hydrogen) atoms. The van der Waals surface area contributed by atoms with Gasteiger partial charge in [0.15, 0.2) is 0 Å². The summed E-state index contributed by atoms with van der Waals surface area (Å²) in [7, 11) is 6.52. The zero-order valence-corrected chi connectivity index (χ0v) is 6.38. The fraction of sp³-hybridized carbons (Fsp3) is 1.00. The predicted molar refractivity (Wildman–Crippen MR) is 36.2 cm³/mol. The van der Waals surface area contributed by atoms with Crippen molar-refractivity contribution >= 4 is 11.9 Å². The third-order valence-corrected chi connectivity index (χ3v) is 1.55. The molecule has 0 aromatic carbocycles. The summed E-state index contributed by atoms with van der Waals surface area (Å²) >= 11 is 1.93. The molecule has 0 saturated carbocycles. The molecule has 0 fully saturated rings. The molecule has 0 atom stereocenters. The average Bonchev–Trinajstić information content (AvgIpc) is 1.30. The lowest BCUT2D eigenvalue weighted by Crippen LogP contribution is -2.25. The van der Waals surface area contributed by atoms with Crippen molar-refractivity contribution in [3.8, 4) is 0 Å².